The summed E-state index contributed by atoms with van der Waals surface area (Å²) in [5.41, 5.74) is 22.2. The van der Waals surface area contributed by atoms with Crippen LogP contribution in [0.3, 0.4) is 0 Å². The van der Waals surface area contributed by atoms with Crippen LogP contribution in [0.2, 0.25) is 0 Å². The maximum absolute atomic E-state index is 3.78. The number of aromatic nitrogens is 1. The Bertz CT molecular complexity index is 3640. The fourth-order valence-corrected chi connectivity index (χ4v) is 13.3. The van der Waals surface area contributed by atoms with Crippen LogP contribution in [0, 0.1) is 12.1 Å². The van der Waals surface area contributed by atoms with Crippen molar-refractivity contribution < 1.29 is 0 Å². The van der Waals surface area contributed by atoms with Gasteiger partial charge < -0.3 is 9.47 Å². The second-order valence-corrected chi connectivity index (χ2v) is 19.6. The first kappa shape index (κ1) is 36.9. The number of rotatable bonds is 4. The van der Waals surface area contributed by atoms with Crippen LogP contribution in [0.4, 0.5) is 17.1 Å². The first-order chi connectivity index (χ1) is 32.0. The lowest BCUT2D eigenvalue weighted by Gasteiger charge is -2.40. The van der Waals surface area contributed by atoms with E-state index in [4.69, 9.17) is 0 Å². The molecule has 1 spiro atoms. The molecule has 0 saturated heterocycles. The van der Waals surface area contributed by atoms with E-state index in [9.17, 15) is 0 Å². The summed E-state index contributed by atoms with van der Waals surface area (Å²) < 4.78 is 2.41. The summed E-state index contributed by atoms with van der Waals surface area (Å²) in [6.07, 6.45) is 6.72. The van der Waals surface area contributed by atoms with Crippen LogP contribution >= 0.6 is 11.8 Å². The molecular weight excluding hydrogens is 805 g/mol. The molecule has 10 aromatic rings. The van der Waals surface area contributed by atoms with Crippen LogP contribution < -0.4 is 4.90 Å². The van der Waals surface area contributed by atoms with E-state index in [2.05, 4.69) is 224 Å². The highest BCUT2D eigenvalue weighted by Crippen LogP contribution is 2.64. The van der Waals surface area contributed by atoms with Crippen molar-refractivity contribution in [3.05, 3.63) is 245 Å². The minimum Gasteiger partial charge on any atom is -0.310 e. The molecule has 0 fully saturated rings. The Morgan fingerprint density at radius 3 is 2.11 bits per heavy atom. The maximum atomic E-state index is 3.78. The molecule has 0 N–H and O–H groups in total. The third kappa shape index (κ3) is 4.98. The number of para-hydroxylation sites is 2. The van der Waals surface area contributed by atoms with E-state index in [-0.39, 0.29) is 5.41 Å². The second kappa shape index (κ2) is 13.5. The molecule has 9 aromatic carbocycles. The van der Waals surface area contributed by atoms with E-state index in [0.717, 1.165) is 35.6 Å². The third-order valence-electron chi connectivity index (χ3n) is 14.9. The van der Waals surface area contributed by atoms with Gasteiger partial charge in [0.25, 0.3) is 0 Å². The summed E-state index contributed by atoms with van der Waals surface area (Å²) in [6, 6.07) is 75.5. The van der Waals surface area contributed by atoms with Gasteiger partial charge in [-0.05, 0) is 153 Å². The van der Waals surface area contributed by atoms with Gasteiger partial charge in [0, 0.05) is 54.3 Å². The topological polar surface area (TPSA) is 8.17 Å². The summed E-state index contributed by atoms with van der Waals surface area (Å²) in [5.74, 6) is 0. The smallest absolute Gasteiger partial charge is 0.0818 e. The van der Waals surface area contributed by atoms with Crippen molar-refractivity contribution in [2.45, 2.75) is 47.3 Å². The average molecular weight is 847 g/mol. The van der Waals surface area contributed by atoms with Gasteiger partial charge in [0.15, 0.2) is 0 Å². The molecule has 4 aliphatic rings. The zero-order valence-corrected chi connectivity index (χ0v) is 37.0. The highest BCUT2D eigenvalue weighted by atomic mass is 32.2. The second-order valence-electron chi connectivity index (χ2n) is 18.5. The van der Waals surface area contributed by atoms with Crippen LogP contribution in [0.25, 0.3) is 55.8 Å². The van der Waals surface area contributed by atoms with Crippen LogP contribution in [0.5, 0.6) is 0 Å². The van der Waals surface area contributed by atoms with Crippen LogP contribution in [0.15, 0.2) is 198 Å². The highest BCUT2D eigenvalue weighted by Gasteiger charge is 2.52. The monoisotopic (exact) mass is 846 g/mol. The molecular formula is C62H42N2S. The first-order valence-electron chi connectivity index (χ1n) is 22.8. The molecule has 1 aliphatic heterocycles. The summed E-state index contributed by atoms with van der Waals surface area (Å²) in [5, 5.41) is 2.46. The molecule has 306 valence electrons. The van der Waals surface area contributed by atoms with Gasteiger partial charge in [-0.1, -0.05) is 153 Å². The van der Waals surface area contributed by atoms with E-state index < -0.39 is 5.41 Å². The summed E-state index contributed by atoms with van der Waals surface area (Å²) in [6.45, 7) is 4.76. The lowest BCUT2D eigenvalue weighted by molar-refractivity contribution is 0.660. The third-order valence-corrected chi connectivity index (χ3v) is 16.1. The van der Waals surface area contributed by atoms with Crippen molar-refractivity contribution >= 4 is 56.7 Å². The predicted molar refractivity (Wildman–Crippen MR) is 269 cm³/mol. The van der Waals surface area contributed by atoms with Crippen molar-refractivity contribution in [1.82, 2.24) is 4.57 Å². The van der Waals surface area contributed by atoms with E-state index in [1.54, 1.807) is 0 Å². The Morgan fingerprint density at radius 1 is 0.554 bits per heavy atom. The number of nitrogens with zero attached hydrogens (tertiary/aromatic N) is 2. The minimum atomic E-state index is -0.577. The number of hydrogen-bond acceptors (Lipinski definition) is 2. The number of benzene rings is 8. The lowest BCUT2D eigenvalue weighted by atomic mass is 9.65. The Balaban J connectivity index is 1.06. The average Bonchev–Trinajstić information content (AvgIpc) is 3.93. The van der Waals surface area contributed by atoms with E-state index in [1.807, 2.05) is 17.8 Å². The lowest BCUT2D eigenvalue weighted by Crippen LogP contribution is -2.33. The number of fused-ring (bicyclic) bond motifs is 17. The molecule has 3 heteroatoms. The molecule has 1 aromatic heterocycles. The molecule has 0 amide bonds. The van der Waals surface area contributed by atoms with Gasteiger partial charge >= 0.3 is 0 Å². The predicted octanol–water partition coefficient (Wildman–Crippen LogP) is 15.9. The Kier molecular flexibility index (Phi) is 7.67. The molecule has 2 nitrogen and oxygen atoms in total. The van der Waals surface area contributed by atoms with Crippen molar-refractivity contribution in [1.29, 1.82) is 0 Å². The molecule has 0 radical (unpaired) electrons. The van der Waals surface area contributed by atoms with Crippen LogP contribution in [-0.4, -0.2) is 4.57 Å². The van der Waals surface area contributed by atoms with Crippen molar-refractivity contribution in [3.63, 3.8) is 0 Å². The molecule has 14 rings (SSSR count). The highest BCUT2D eigenvalue weighted by molar-refractivity contribution is 7.99. The van der Waals surface area contributed by atoms with Crippen molar-refractivity contribution in [2.24, 2.45) is 0 Å². The fraction of sp³-hybridized carbons (Fsp3) is 0.0968. The van der Waals surface area contributed by atoms with Gasteiger partial charge in [0.05, 0.1) is 16.4 Å². The van der Waals surface area contributed by atoms with Gasteiger partial charge in [-0.25, -0.2) is 0 Å². The number of anilines is 3. The molecule has 2 heterocycles. The minimum absolute atomic E-state index is 0.155. The van der Waals surface area contributed by atoms with E-state index in [0.29, 0.717) is 0 Å². The molecule has 3 aliphatic carbocycles. The first-order valence-corrected chi connectivity index (χ1v) is 23.6. The number of allylic oxidation sites excluding steroid dienone is 1. The maximum Gasteiger partial charge on any atom is 0.0818 e. The molecule has 0 bridgehead atoms. The molecule has 1 atom stereocenters. The zero-order valence-electron chi connectivity index (χ0n) is 36.2. The Hall–Kier alpha value is -7.51. The van der Waals surface area contributed by atoms with Crippen LogP contribution in [-0.2, 0) is 17.3 Å². The SMILES string of the molecule is CC1(C)c2ccccc2-c2ccc(N(c3ccc4c(c3)C3(c5c#cccc5Sc5ccccc53)c3c-4ccc4c3CCC=C4)c3ccc4c(c3)c3ccccc3n4-c3ccccc3)cc21. The van der Waals surface area contributed by atoms with Gasteiger partial charge in [-0.2, -0.15) is 0 Å². The summed E-state index contributed by atoms with van der Waals surface area (Å²) in [7, 11) is 0. The summed E-state index contributed by atoms with van der Waals surface area (Å²) >= 11 is 1.86. The Labute approximate surface area is 384 Å². The van der Waals surface area contributed by atoms with Crippen molar-refractivity contribution in [2.75, 3.05) is 4.90 Å². The zero-order chi connectivity index (χ0) is 43.0. The van der Waals surface area contributed by atoms with Crippen LogP contribution in [0.1, 0.15) is 64.8 Å². The normalized spacial score (nSPS) is 15.1. The van der Waals surface area contributed by atoms with Gasteiger partial charge in [0.1, 0.15) is 0 Å². The quantitative estimate of drug-likeness (QED) is 0.174. The largest absolute Gasteiger partial charge is 0.310 e. The molecule has 1 unspecified atom stereocenters. The molecule has 65 heavy (non-hydrogen) atoms. The number of hydrogen-bond donors (Lipinski definition) is 0. The van der Waals surface area contributed by atoms with E-state index >= 15 is 0 Å². The van der Waals surface area contributed by atoms with Crippen molar-refractivity contribution in [3.8, 4) is 27.9 Å². The van der Waals surface area contributed by atoms with E-state index in [1.165, 1.54) is 98.4 Å². The standard InChI is InChI=1S/C62H42N2S/c1-61(2)51-22-10-8-20-45(51)46-33-29-42(37-54(46)61)63(41-31-35-57-50(36-41)48-21-9-13-25-56(48)64(57)40-17-4-3-5-18-40)43-30-34-47-49-32-28-39-16-6-7-19-44(39)60(49)62(55(47)38-43)52-23-11-14-26-58(52)65-59-27-15-12-24-53(59)62/h3-6,8-11,13-18,20-23,25-38H,7,19H2,1-2H3. The van der Waals surface area contributed by atoms with Gasteiger partial charge in [-0.15, -0.1) is 0 Å². The Morgan fingerprint density at radius 2 is 1.23 bits per heavy atom. The molecule has 0 saturated carbocycles. The van der Waals surface area contributed by atoms with Gasteiger partial charge in [-0.3, -0.25) is 0 Å². The summed E-state index contributed by atoms with van der Waals surface area (Å²) in [4.78, 5) is 5.06. The fourth-order valence-electron chi connectivity index (χ4n) is 12.2. The van der Waals surface area contributed by atoms with Gasteiger partial charge in [0.2, 0.25) is 0 Å².